The van der Waals surface area contributed by atoms with Gasteiger partial charge in [-0.05, 0) is 11.8 Å². The maximum absolute atomic E-state index is 12.3. The number of halogens is 3. The Hall–Kier alpha value is -1.72. The van der Waals surface area contributed by atoms with Crippen molar-refractivity contribution >= 4 is 12.4 Å². The molecule has 0 radical (unpaired) electrons. The molecule has 0 amide bonds. The Labute approximate surface area is 90.8 Å². The monoisotopic (exact) mass is 225 g/mol. The molecule has 6 heteroatoms. The number of hydrogen-bond acceptors (Lipinski definition) is 1. The minimum absolute atomic E-state index is 0.354. The normalized spacial score (nSPS) is 11.7. The average molecular weight is 225 g/mol. The van der Waals surface area contributed by atoms with E-state index < -0.39 is 12.4 Å². The van der Waals surface area contributed by atoms with Crippen LogP contribution < -0.4 is 5.46 Å². The van der Waals surface area contributed by atoms with Crippen molar-refractivity contribution in [2.45, 2.75) is 6.54 Å². The van der Waals surface area contributed by atoms with E-state index in [1.54, 1.807) is 0 Å². The van der Waals surface area contributed by atoms with Gasteiger partial charge in [-0.3, -0.25) is 4.68 Å². The fourth-order valence-corrected chi connectivity index (χ4v) is 1.41. The number of hydrogen-bond donors (Lipinski definition) is 0. The Bertz CT molecular complexity index is 464. The van der Waals surface area contributed by atoms with Crippen LogP contribution in [0.2, 0.25) is 0 Å². The van der Waals surface area contributed by atoms with E-state index in [-0.39, 0.29) is 0 Å². The lowest BCUT2D eigenvalue weighted by Gasteiger charge is -2.10. The highest BCUT2D eigenvalue weighted by atomic mass is 19.4. The van der Waals surface area contributed by atoms with Crippen LogP contribution in [0.5, 0.6) is 0 Å². The Morgan fingerprint density at radius 1 is 1.12 bits per heavy atom. The second-order valence-electron chi connectivity index (χ2n) is 3.53. The van der Waals surface area contributed by atoms with Gasteiger partial charge in [0, 0.05) is 6.20 Å². The third-order valence-electron chi connectivity index (χ3n) is 2.22. The molecule has 2 rings (SSSR count). The summed E-state index contributed by atoms with van der Waals surface area (Å²) in [4.78, 5) is 0. The first kappa shape index (κ1) is 10.8. The van der Waals surface area contributed by atoms with Gasteiger partial charge in [0.2, 0.25) is 0 Å². The molecule has 0 saturated heterocycles. The summed E-state index contributed by atoms with van der Waals surface area (Å²) in [5.74, 6) is 0. The molecule has 0 fully saturated rings. The third kappa shape index (κ3) is 2.45. The van der Waals surface area contributed by atoms with E-state index >= 15 is 0 Å². The molecule has 1 aromatic carbocycles. The average Bonchev–Trinajstić information content (AvgIpc) is 2.67. The molecular formula is C10H9BF3N2-. The summed E-state index contributed by atoms with van der Waals surface area (Å²) in [6, 6.07) is 9.23. The summed E-state index contributed by atoms with van der Waals surface area (Å²) >= 11 is 0. The van der Waals surface area contributed by atoms with Crippen molar-refractivity contribution in [2.75, 3.05) is 0 Å². The first-order valence-electron chi connectivity index (χ1n) is 4.82. The van der Waals surface area contributed by atoms with Crippen LogP contribution in [0.15, 0.2) is 42.7 Å². The first-order valence-corrected chi connectivity index (χ1v) is 4.82. The smallest absolute Gasteiger partial charge is 0.445 e. The van der Waals surface area contributed by atoms with Gasteiger partial charge in [-0.2, -0.15) is 5.10 Å². The number of benzene rings is 1. The molecule has 16 heavy (non-hydrogen) atoms. The van der Waals surface area contributed by atoms with E-state index in [0.717, 1.165) is 18.0 Å². The summed E-state index contributed by atoms with van der Waals surface area (Å²) < 4.78 is 38.3. The number of aromatic nitrogens is 2. The summed E-state index contributed by atoms with van der Waals surface area (Å²) in [6.45, 7) is -4.60. The second-order valence-corrected chi connectivity index (χ2v) is 3.53. The van der Waals surface area contributed by atoms with Crippen molar-refractivity contribution < 1.29 is 12.9 Å². The topological polar surface area (TPSA) is 17.8 Å². The standard InChI is InChI=1S/C10H9BF3N2/c12-11(13,14)10-6-15-16(8-10)7-9-4-2-1-3-5-9/h1-6,8H,7H2/q-1. The summed E-state index contributed by atoms with van der Waals surface area (Å²) in [6.07, 6.45) is 1.90. The molecule has 1 aromatic heterocycles. The predicted molar refractivity (Wildman–Crippen MR) is 56.5 cm³/mol. The molecule has 0 aliphatic carbocycles. The summed E-state index contributed by atoms with van der Waals surface area (Å²) in [5, 5.41) is 3.69. The largest absolute Gasteiger partial charge is 0.512 e. The van der Waals surface area contributed by atoms with Crippen molar-refractivity contribution in [3.05, 3.63) is 48.3 Å². The van der Waals surface area contributed by atoms with E-state index in [2.05, 4.69) is 5.10 Å². The minimum atomic E-state index is -4.95. The van der Waals surface area contributed by atoms with E-state index in [9.17, 15) is 12.9 Å². The van der Waals surface area contributed by atoms with Crippen LogP contribution in [-0.4, -0.2) is 16.8 Å². The van der Waals surface area contributed by atoms with Crippen LogP contribution in [0.4, 0.5) is 12.9 Å². The van der Waals surface area contributed by atoms with Gasteiger partial charge in [-0.15, -0.1) is 0 Å². The predicted octanol–water partition coefficient (Wildman–Crippen LogP) is 1.99. The van der Waals surface area contributed by atoms with Crippen molar-refractivity contribution in [3.63, 3.8) is 0 Å². The number of rotatable bonds is 3. The van der Waals surface area contributed by atoms with Gasteiger partial charge >= 0.3 is 6.98 Å². The van der Waals surface area contributed by atoms with Gasteiger partial charge in [0.15, 0.2) is 0 Å². The Morgan fingerprint density at radius 2 is 1.81 bits per heavy atom. The van der Waals surface area contributed by atoms with Crippen molar-refractivity contribution in [3.8, 4) is 0 Å². The number of nitrogens with zero attached hydrogens (tertiary/aromatic N) is 2. The molecule has 0 unspecified atom stereocenters. The van der Waals surface area contributed by atoms with Gasteiger partial charge in [-0.1, -0.05) is 35.8 Å². The lowest BCUT2D eigenvalue weighted by atomic mass is 9.83. The Balaban J connectivity index is 2.15. The molecule has 0 bridgehead atoms. The van der Waals surface area contributed by atoms with Crippen molar-refractivity contribution in [1.82, 2.24) is 9.78 Å². The van der Waals surface area contributed by atoms with E-state index in [1.165, 1.54) is 4.68 Å². The van der Waals surface area contributed by atoms with Gasteiger partial charge in [0.1, 0.15) is 0 Å². The lowest BCUT2D eigenvalue weighted by molar-refractivity contribution is 0.501. The Kier molecular flexibility index (Phi) is 2.72. The quantitative estimate of drug-likeness (QED) is 0.730. The summed E-state index contributed by atoms with van der Waals surface area (Å²) in [5.41, 5.74) is 0.266. The molecule has 0 aliphatic heterocycles. The molecule has 84 valence electrons. The summed E-state index contributed by atoms with van der Waals surface area (Å²) in [7, 11) is 0. The fourth-order valence-electron chi connectivity index (χ4n) is 1.41. The maximum Gasteiger partial charge on any atom is 0.512 e. The molecule has 0 atom stereocenters. The fraction of sp³-hybridized carbons (Fsp3) is 0.100. The highest BCUT2D eigenvalue weighted by molar-refractivity contribution is 6.73. The van der Waals surface area contributed by atoms with Gasteiger partial charge < -0.3 is 12.9 Å². The molecule has 0 aliphatic rings. The zero-order valence-corrected chi connectivity index (χ0v) is 8.35. The van der Waals surface area contributed by atoms with Crippen LogP contribution in [0.3, 0.4) is 0 Å². The maximum atomic E-state index is 12.3. The van der Waals surface area contributed by atoms with Crippen LogP contribution in [0, 0.1) is 0 Å². The van der Waals surface area contributed by atoms with Gasteiger partial charge in [0.25, 0.3) is 0 Å². The zero-order chi connectivity index (χ0) is 11.6. The molecular weight excluding hydrogens is 216 g/mol. The molecule has 2 nitrogen and oxygen atoms in total. The molecule has 0 saturated carbocycles. The lowest BCUT2D eigenvalue weighted by Crippen LogP contribution is -2.32. The highest BCUT2D eigenvalue weighted by Crippen LogP contribution is 2.08. The minimum Gasteiger partial charge on any atom is -0.445 e. The van der Waals surface area contributed by atoms with Crippen LogP contribution >= 0.6 is 0 Å². The van der Waals surface area contributed by atoms with E-state index in [4.69, 9.17) is 0 Å². The Morgan fingerprint density at radius 3 is 2.38 bits per heavy atom. The molecule has 2 aromatic rings. The zero-order valence-electron chi connectivity index (χ0n) is 8.35. The second kappa shape index (κ2) is 4.04. The van der Waals surface area contributed by atoms with E-state index in [1.807, 2.05) is 30.3 Å². The van der Waals surface area contributed by atoms with Crippen molar-refractivity contribution in [2.24, 2.45) is 0 Å². The van der Waals surface area contributed by atoms with E-state index in [0.29, 0.717) is 6.54 Å². The van der Waals surface area contributed by atoms with Crippen LogP contribution in [0.25, 0.3) is 0 Å². The van der Waals surface area contributed by atoms with Crippen LogP contribution in [-0.2, 0) is 6.54 Å². The van der Waals surface area contributed by atoms with Gasteiger partial charge in [-0.25, -0.2) is 0 Å². The molecule has 1 heterocycles. The molecule has 0 N–H and O–H groups in total. The third-order valence-corrected chi connectivity index (χ3v) is 2.22. The first-order chi connectivity index (χ1) is 7.55. The SMILES string of the molecule is F[B-](F)(F)c1cnn(Cc2ccccc2)c1. The van der Waals surface area contributed by atoms with Gasteiger partial charge in [0.05, 0.1) is 6.54 Å². The highest BCUT2D eigenvalue weighted by Gasteiger charge is 2.26. The van der Waals surface area contributed by atoms with Crippen molar-refractivity contribution in [1.29, 1.82) is 0 Å². The molecule has 0 spiro atoms. The van der Waals surface area contributed by atoms with Crippen LogP contribution in [0.1, 0.15) is 5.56 Å².